The molecule has 1 aliphatic carbocycles. The molecule has 2 heterocycles. The van der Waals surface area contributed by atoms with Gasteiger partial charge in [-0.3, -0.25) is 0 Å². The van der Waals surface area contributed by atoms with Crippen LogP contribution in [0.15, 0.2) is 54.7 Å². The van der Waals surface area contributed by atoms with Crippen molar-refractivity contribution in [3.8, 4) is 5.75 Å². The number of pyridine rings is 1. The SMILES string of the molecule is COc1ccc(Cc2c(C3CCCCC3)nc3c4ccccc4ccn23)c(C)c1. The molecular weight excluding hydrogens is 356 g/mol. The van der Waals surface area contributed by atoms with Gasteiger partial charge in [-0.05, 0) is 54.5 Å². The highest BCUT2D eigenvalue weighted by Gasteiger charge is 2.24. The Labute approximate surface area is 172 Å². The lowest BCUT2D eigenvalue weighted by atomic mass is 9.85. The fraction of sp³-hybridized carbons (Fsp3) is 0.346. The second-order valence-electron chi connectivity index (χ2n) is 8.34. The Balaban J connectivity index is 1.68. The maximum absolute atomic E-state index is 5.40. The van der Waals surface area contributed by atoms with Crippen LogP contribution in [0.2, 0.25) is 0 Å². The minimum absolute atomic E-state index is 0.580. The van der Waals surface area contributed by atoms with Crippen LogP contribution in [0.4, 0.5) is 0 Å². The van der Waals surface area contributed by atoms with Gasteiger partial charge in [0.15, 0.2) is 0 Å². The first-order chi connectivity index (χ1) is 14.2. The molecule has 0 aliphatic heterocycles. The van der Waals surface area contributed by atoms with Gasteiger partial charge in [-0.25, -0.2) is 4.98 Å². The van der Waals surface area contributed by atoms with E-state index in [1.54, 1.807) is 7.11 Å². The third kappa shape index (κ3) is 3.29. The molecule has 3 nitrogen and oxygen atoms in total. The molecule has 2 aromatic carbocycles. The zero-order valence-corrected chi connectivity index (χ0v) is 17.3. The van der Waals surface area contributed by atoms with Crippen molar-refractivity contribution in [2.24, 2.45) is 0 Å². The van der Waals surface area contributed by atoms with Gasteiger partial charge in [-0.15, -0.1) is 0 Å². The molecule has 1 saturated carbocycles. The number of methoxy groups -OCH3 is 1. The summed E-state index contributed by atoms with van der Waals surface area (Å²) in [5.74, 6) is 1.50. The molecule has 29 heavy (non-hydrogen) atoms. The Morgan fingerprint density at radius 1 is 1.03 bits per heavy atom. The monoisotopic (exact) mass is 384 g/mol. The van der Waals surface area contributed by atoms with Crippen LogP contribution >= 0.6 is 0 Å². The predicted octanol–water partition coefficient (Wildman–Crippen LogP) is 6.44. The molecule has 3 heteroatoms. The molecule has 0 radical (unpaired) electrons. The summed E-state index contributed by atoms with van der Waals surface area (Å²) >= 11 is 0. The second-order valence-corrected chi connectivity index (χ2v) is 8.34. The first-order valence-electron chi connectivity index (χ1n) is 10.8. The molecule has 0 bridgehead atoms. The van der Waals surface area contributed by atoms with Crippen molar-refractivity contribution >= 4 is 16.4 Å². The normalized spacial score (nSPS) is 15.2. The number of rotatable bonds is 4. The number of aryl methyl sites for hydroxylation is 1. The Morgan fingerprint density at radius 3 is 2.66 bits per heavy atom. The summed E-state index contributed by atoms with van der Waals surface area (Å²) in [5.41, 5.74) is 6.39. The zero-order chi connectivity index (χ0) is 19.8. The molecule has 0 N–H and O–H groups in total. The van der Waals surface area contributed by atoms with Crippen LogP contribution in [0, 0.1) is 6.92 Å². The van der Waals surface area contributed by atoms with E-state index < -0.39 is 0 Å². The number of benzene rings is 2. The van der Waals surface area contributed by atoms with Gasteiger partial charge in [0, 0.05) is 23.9 Å². The fourth-order valence-corrected chi connectivity index (χ4v) is 4.89. The van der Waals surface area contributed by atoms with Gasteiger partial charge in [0.1, 0.15) is 11.4 Å². The molecule has 0 saturated heterocycles. The van der Waals surface area contributed by atoms with Crippen LogP contribution in [0.3, 0.4) is 0 Å². The van der Waals surface area contributed by atoms with Crippen molar-refractivity contribution in [2.75, 3.05) is 7.11 Å². The number of nitrogens with zero attached hydrogens (tertiary/aromatic N) is 2. The van der Waals surface area contributed by atoms with Crippen molar-refractivity contribution in [1.82, 2.24) is 9.38 Å². The number of fused-ring (bicyclic) bond motifs is 3. The Morgan fingerprint density at radius 2 is 1.86 bits per heavy atom. The maximum atomic E-state index is 5.40. The molecule has 0 unspecified atom stereocenters. The summed E-state index contributed by atoms with van der Waals surface area (Å²) in [6.45, 7) is 2.18. The van der Waals surface area contributed by atoms with Crippen LogP contribution < -0.4 is 4.74 Å². The van der Waals surface area contributed by atoms with E-state index in [1.165, 1.54) is 65.4 Å². The van der Waals surface area contributed by atoms with Crippen molar-refractivity contribution in [1.29, 1.82) is 0 Å². The number of hydrogen-bond acceptors (Lipinski definition) is 2. The van der Waals surface area contributed by atoms with E-state index in [9.17, 15) is 0 Å². The molecule has 148 valence electrons. The summed E-state index contributed by atoms with van der Waals surface area (Å²) in [5, 5.41) is 2.50. The number of ether oxygens (including phenoxy) is 1. The third-order valence-corrected chi connectivity index (χ3v) is 6.55. The van der Waals surface area contributed by atoms with Crippen molar-refractivity contribution in [2.45, 2.75) is 51.4 Å². The van der Waals surface area contributed by atoms with Crippen LogP contribution in [0.25, 0.3) is 16.4 Å². The van der Waals surface area contributed by atoms with E-state index in [4.69, 9.17) is 9.72 Å². The molecule has 0 amide bonds. The lowest BCUT2D eigenvalue weighted by Gasteiger charge is -2.21. The fourth-order valence-electron chi connectivity index (χ4n) is 4.89. The lowest BCUT2D eigenvalue weighted by Crippen LogP contribution is -2.09. The number of hydrogen-bond donors (Lipinski definition) is 0. The van der Waals surface area contributed by atoms with Gasteiger partial charge >= 0.3 is 0 Å². The van der Waals surface area contributed by atoms with Crippen molar-refractivity contribution in [3.05, 3.63) is 77.2 Å². The van der Waals surface area contributed by atoms with Crippen LogP contribution in [-0.2, 0) is 6.42 Å². The summed E-state index contributed by atoms with van der Waals surface area (Å²) in [6, 6.07) is 17.2. The van der Waals surface area contributed by atoms with Crippen LogP contribution in [0.1, 0.15) is 60.5 Å². The predicted molar refractivity (Wildman–Crippen MR) is 119 cm³/mol. The van der Waals surface area contributed by atoms with Crippen molar-refractivity contribution < 1.29 is 4.74 Å². The first kappa shape index (κ1) is 18.2. The summed E-state index contributed by atoms with van der Waals surface area (Å²) in [6.07, 6.45) is 9.64. The topological polar surface area (TPSA) is 26.5 Å². The van der Waals surface area contributed by atoms with Gasteiger partial charge in [0.05, 0.1) is 18.5 Å². The van der Waals surface area contributed by atoms with Gasteiger partial charge < -0.3 is 9.14 Å². The smallest absolute Gasteiger partial charge is 0.145 e. The van der Waals surface area contributed by atoms with E-state index in [0.29, 0.717) is 5.92 Å². The quantitative estimate of drug-likeness (QED) is 0.404. The zero-order valence-electron chi connectivity index (χ0n) is 17.3. The minimum atomic E-state index is 0.580. The summed E-state index contributed by atoms with van der Waals surface area (Å²) in [7, 11) is 1.73. The molecule has 0 spiro atoms. The third-order valence-electron chi connectivity index (χ3n) is 6.55. The molecule has 1 fully saturated rings. The molecule has 2 aromatic heterocycles. The molecule has 5 rings (SSSR count). The molecule has 4 aromatic rings. The van der Waals surface area contributed by atoms with Gasteiger partial charge in [-0.1, -0.05) is 49.6 Å². The average molecular weight is 385 g/mol. The average Bonchev–Trinajstić information content (AvgIpc) is 3.14. The summed E-state index contributed by atoms with van der Waals surface area (Å²) < 4.78 is 7.75. The van der Waals surface area contributed by atoms with E-state index >= 15 is 0 Å². The highest BCUT2D eigenvalue weighted by atomic mass is 16.5. The largest absolute Gasteiger partial charge is 0.497 e. The van der Waals surface area contributed by atoms with E-state index in [0.717, 1.165) is 17.8 Å². The number of aromatic nitrogens is 2. The summed E-state index contributed by atoms with van der Waals surface area (Å²) in [4.78, 5) is 5.26. The first-order valence-corrected chi connectivity index (χ1v) is 10.8. The van der Waals surface area contributed by atoms with E-state index in [2.05, 4.69) is 66.1 Å². The van der Waals surface area contributed by atoms with Gasteiger partial charge in [-0.2, -0.15) is 0 Å². The maximum Gasteiger partial charge on any atom is 0.145 e. The second kappa shape index (κ2) is 7.55. The lowest BCUT2D eigenvalue weighted by molar-refractivity contribution is 0.414. The Hall–Kier alpha value is -2.81. The van der Waals surface area contributed by atoms with Crippen molar-refractivity contribution in [3.63, 3.8) is 0 Å². The van der Waals surface area contributed by atoms with Gasteiger partial charge in [0.2, 0.25) is 0 Å². The van der Waals surface area contributed by atoms with Crippen LogP contribution in [-0.4, -0.2) is 16.5 Å². The van der Waals surface area contributed by atoms with Gasteiger partial charge in [0.25, 0.3) is 0 Å². The number of imidazole rings is 1. The Bertz CT molecular complexity index is 1170. The van der Waals surface area contributed by atoms with E-state index in [1.807, 2.05) is 0 Å². The van der Waals surface area contributed by atoms with Crippen LogP contribution in [0.5, 0.6) is 5.75 Å². The standard InChI is InChI=1S/C26H28N2O/c1-18-16-22(29-2)13-12-21(18)17-24-25(20-9-4-3-5-10-20)27-26-23-11-7-6-8-19(23)14-15-28(24)26/h6-8,11-16,20H,3-5,9-10,17H2,1-2H3. The highest BCUT2D eigenvalue weighted by Crippen LogP contribution is 2.36. The molecular formula is C26H28N2O. The molecule has 1 aliphatic rings. The molecule has 0 atom stereocenters. The van der Waals surface area contributed by atoms with E-state index in [-0.39, 0.29) is 0 Å². The highest BCUT2D eigenvalue weighted by molar-refractivity contribution is 5.94. The Kier molecular flexibility index (Phi) is 4.75. The minimum Gasteiger partial charge on any atom is -0.497 e.